The van der Waals surface area contributed by atoms with E-state index in [4.69, 9.17) is 14.6 Å². The van der Waals surface area contributed by atoms with Gasteiger partial charge in [-0.3, -0.25) is 14.4 Å². The maximum absolute atomic E-state index is 11.7. The summed E-state index contributed by atoms with van der Waals surface area (Å²) in [5.41, 5.74) is 0. The van der Waals surface area contributed by atoms with Crippen molar-refractivity contribution in [3.63, 3.8) is 0 Å². The van der Waals surface area contributed by atoms with E-state index in [-0.39, 0.29) is 32.0 Å². The van der Waals surface area contributed by atoms with E-state index in [1.807, 2.05) is 0 Å². The van der Waals surface area contributed by atoms with E-state index in [1.54, 1.807) is 0 Å². The molecule has 7 nitrogen and oxygen atoms in total. The van der Waals surface area contributed by atoms with Crippen molar-refractivity contribution in [2.24, 2.45) is 0 Å². The summed E-state index contributed by atoms with van der Waals surface area (Å²) in [5, 5.41) is 18.2. The summed E-state index contributed by atoms with van der Waals surface area (Å²) < 4.78 is 9.74. The van der Waals surface area contributed by atoms with E-state index in [0.29, 0.717) is 6.42 Å². The van der Waals surface area contributed by atoms with Crippen LogP contribution < -0.4 is 0 Å². The molecule has 0 heterocycles. The number of carbonyl (C=O) groups excluding carboxylic acids is 2. The number of unbranched alkanes of at least 4 members (excludes halogenated alkanes) is 18. The molecule has 1 atom stereocenters. The van der Waals surface area contributed by atoms with Crippen molar-refractivity contribution in [1.29, 1.82) is 0 Å². The molecule has 36 heavy (non-hydrogen) atoms. The van der Waals surface area contributed by atoms with Crippen molar-refractivity contribution in [1.82, 2.24) is 0 Å². The number of esters is 2. The van der Waals surface area contributed by atoms with Crippen molar-refractivity contribution in [3.05, 3.63) is 0 Å². The van der Waals surface area contributed by atoms with E-state index in [9.17, 15) is 19.5 Å². The summed E-state index contributed by atoms with van der Waals surface area (Å²) in [6.45, 7) is 1.72. The van der Waals surface area contributed by atoms with Gasteiger partial charge in [0.2, 0.25) is 0 Å². The number of carbonyl (C=O) groups is 3. The zero-order valence-electron chi connectivity index (χ0n) is 23.0. The highest BCUT2D eigenvalue weighted by Crippen LogP contribution is 2.15. The molecule has 0 bridgehead atoms. The van der Waals surface area contributed by atoms with Gasteiger partial charge in [-0.25, -0.2) is 0 Å². The lowest BCUT2D eigenvalue weighted by Gasteiger charge is -2.11. The first-order chi connectivity index (χ1) is 17.5. The van der Waals surface area contributed by atoms with Crippen molar-refractivity contribution >= 4 is 17.9 Å². The third-order valence-corrected chi connectivity index (χ3v) is 6.40. The van der Waals surface area contributed by atoms with Gasteiger partial charge in [0.05, 0.1) is 12.8 Å². The lowest BCUT2D eigenvalue weighted by atomic mass is 10.0. The van der Waals surface area contributed by atoms with Crippen molar-refractivity contribution in [2.75, 3.05) is 13.2 Å². The Morgan fingerprint density at radius 1 is 0.528 bits per heavy atom. The second-order valence-electron chi connectivity index (χ2n) is 10.0. The summed E-state index contributed by atoms with van der Waals surface area (Å²) in [4.78, 5) is 33.4. The first-order valence-electron chi connectivity index (χ1n) is 14.7. The highest BCUT2D eigenvalue weighted by Gasteiger charge is 2.13. The Labute approximate surface area is 219 Å². The fourth-order valence-electron chi connectivity index (χ4n) is 4.13. The first kappa shape index (κ1) is 34.4. The van der Waals surface area contributed by atoms with Gasteiger partial charge in [-0.15, -0.1) is 0 Å². The Hall–Kier alpha value is -1.63. The number of aliphatic hydroxyl groups excluding tert-OH is 1. The van der Waals surface area contributed by atoms with Gasteiger partial charge >= 0.3 is 17.9 Å². The zero-order valence-corrected chi connectivity index (χ0v) is 23.0. The van der Waals surface area contributed by atoms with E-state index in [2.05, 4.69) is 6.92 Å². The molecule has 0 aromatic heterocycles. The van der Waals surface area contributed by atoms with Gasteiger partial charge in [-0.2, -0.15) is 0 Å². The number of aliphatic hydroxyl groups is 1. The molecule has 0 aliphatic heterocycles. The molecule has 0 spiro atoms. The van der Waals surface area contributed by atoms with Crippen LogP contribution in [0.4, 0.5) is 0 Å². The minimum atomic E-state index is -1.10. The number of carboxylic acids is 1. The normalized spacial score (nSPS) is 11.8. The Bertz CT molecular complexity index is 536. The Balaban J connectivity index is 3.31. The van der Waals surface area contributed by atoms with Gasteiger partial charge in [-0.1, -0.05) is 122 Å². The van der Waals surface area contributed by atoms with Crippen LogP contribution in [0.15, 0.2) is 0 Å². The topological polar surface area (TPSA) is 110 Å². The van der Waals surface area contributed by atoms with Crippen LogP contribution in [0.3, 0.4) is 0 Å². The van der Waals surface area contributed by atoms with Crippen LogP contribution >= 0.6 is 0 Å². The third kappa shape index (κ3) is 27.0. The van der Waals surface area contributed by atoms with Gasteiger partial charge in [-0.05, 0) is 6.42 Å². The molecule has 0 saturated heterocycles. The Morgan fingerprint density at radius 3 is 1.22 bits per heavy atom. The second-order valence-corrected chi connectivity index (χ2v) is 10.0. The molecule has 0 fully saturated rings. The van der Waals surface area contributed by atoms with Crippen LogP contribution in [-0.4, -0.2) is 47.4 Å². The maximum Gasteiger partial charge on any atom is 0.306 e. The molecule has 0 saturated carbocycles. The minimum Gasteiger partial charge on any atom is -0.481 e. The van der Waals surface area contributed by atoms with Crippen molar-refractivity contribution < 1.29 is 34.1 Å². The summed E-state index contributed by atoms with van der Waals surface area (Å²) in [7, 11) is 0. The van der Waals surface area contributed by atoms with E-state index in [0.717, 1.165) is 19.3 Å². The Kier molecular flexibility index (Phi) is 25.2. The molecule has 7 heteroatoms. The molecule has 1 unspecified atom stereocenters. The number of hydrogen-bond acceptors (Lipinski definition) is 6. The molecule has 0 rings (SSSR count). The third-order valence-electron chi connectivity index (χ3n) is 6.40. The molecule has 0 radical (unpaired) electrons. The largest absolute Gasteiger partial charge is 0.481 e. The van der Waals surface area contributed by atoms with Crippen LogP contribution in [0.2, 0.25) is 0 Å². The van der Waals surface area contributed by atoms with Gasteiger partial charge in [0.15, 0.2) is 0 Å². The molecule has 212 valence electrons. The SMILES string of the molecule is CCCCCCCCCCCCCCCCCCCCCC(=O)OCC(O)COC(=O)CCC(=O)O. The lowest BCUT2D eigenvalue weighted by Crippen LogP contribution is -2.25. The number of ether oxygens (including phenoxy) is 2. The van der Waals surface area contributed by atoms with Crippen molar-refractivity contribution in [2.45, 2.75) is 154 Å². The fraction of sp³-hybridized carbons (Fsp3) is 0.897. The minimum absolute atomic E-state index is 0.232. The number of hydrogen-bond donors (Lipinski definition) is 2. The Morgan fingerprint density at radius 2 is 0.861 bits per heavy atom. The highest BCUT2D eigenvalue weighted by molar-refractivity contribution is 5.76. The van der Waals surface area contributed by atoms with Crippen LogP contribution in [0, 0.1) is 0 Å². The smallest absolute Gasteiger partial charge is 0.306 e. The predicted molar refractivity (Wildman–Crippen MR) is 143 cm³/mol. The lowest BCUT2D eigenvalue weighted by molar-refractivity contribution is -0.154. The van der Waals surface area contributed by atoms with Crippen LogP contribution in [0.5, 0.6) is 0 Å². The monoisotopic (exact) mass is 514 g/mol. The summed E-state index contributed by atoms with van der Waals surface area (Å²) in [6.07, 6.45) is 23.4. The summed E-state index contributed by atoms with van der Waals surface area (Å²) in [5.74, 6) is -2.15. The van der Waals surface area contributed by atoms with E-state index < -0.39 is 18.0 Å². The van der Waals surface area contributed by atoms with Gasteiger partial charge in [0.25, 0.3) is 0 Å². The fourth-order valence-corrected chi connectivity index (χ4v) is 4.13. The van der Waals surface area contributed by atoms with Gasteiger partial charge in [0, 0.05) is 6.42 Å². The summed E-state index contributed by atoms with van der Waals surface area (Å²) in [6, 6.07) is 0. The molecule has 2 N–H and O–H groups in total. The molecule has 0 aromatic rings. The molecule has 0 aliphatic rings. The first-order valence-corrected chi connectivity index (χ1v) is 14.7. The van der Waals surface area contributed by atoms with Gasteiger partial charge < -0.3 is 19.7 Å². The molecular weight excluding hydrogens is 460 g/mol. The standard InChI is InChI=1S/C29H54O7/c1-2-3-4-5-6-7-8-9-10-11-12-13-14-15-16-17-18-19-20-21-28(33)35-24-26(30)25-36-29(34)23-22-27(31)32/h26,30H,2-25H2,1H3,(H,31,32). The average molecular weight is 515 g/mol. The average Bonchev–Trinajstić information content (AvgIpc) is 2.86. The molecule has 0 amide bonds. The second kappa shape index (κ2) is 26.4. The zero-order chi connectivity index (χ0) is 26.7. The highest BCUT2D eigenvalue weighted by atomic mass is 16.6. The number of aliphatic carboxylic acids is 1. The predicted octanol–water partition coefficient (Wildman–Crippen LogP) is 7.12. The van der Waals surface area contributed by atoms with Crippen LogP contribution in [0.1, 0.15) is 148 Å². The molecule has 0 aromatic carbocycles. The quantitative estimate of drug-likeness (QED) is 0.0886. The number of rotatable bonds is 27. The summed E-state index contributed by atoms with van der Waals surface area (Å²) >= 11 is 0. The van der Waals surface area contributed by atoms with E-state index >= 15 is 0 Å². The molecular formula is C29H54O7. The number of carboxylic acid groups (broad SMARTS) is 1. The van der Waals surface area contributed by atoms with Crippen molar-refractivity contribution in [3.8, 4) is 0 Å². The molecule has 0 aliphatic carbocycles. The van der Waals surface area contributed by atoms with Crippen LogP contribution in [-0.2, 0) is 23.9 Å². The van der Waals surface area contributed by atoms with Gasteiger partial charge in [0.1, 0.15) is 19.3 Å². The van der Waals surface area contributed by atoms with Crippen LogP contribution in [0.25, 0.3) is 0 Å². The van der Waals surface area contributed by atoms with E-state index in [1.165, 1.54) is 103 Å². The maximum atomic E-state index is 11.7.